The fourth-order valence-electron chi connectivity index (χ4n) is 3.11. The number of hydrogen-bond acceptors (Lipinski definition) is 4. The lowest BCUT2D eigenvalue weighted by molar-refractivity contribution is 0.0694. The molecule has 0 radical (unpaired) electrons. The summed E-state index contributed by atoms with van der Waals surface area (Å²) in [5.74, 6) is -0.125. The summed E-state index contributed by atoms with van der Waals surface area (Å²) in [7, 11) is 1.97. The van der Waals surface area contributed by atoms with Gasteiger partial charge in [-0.25, -0.2) is 4.98 Å². The van der Waals surface area contributed by atoms with Crippen molar-refractivity contribution in [3.05, 3.63) is 48.5 Å². The molecule has 25 heavy (non-hydrogen) atoms. The number of carbonyl (C=O) groups excluding carboxylic acids is 1. The molecule has 0 saturated carbocycles. The van der Waals surface area contributed by atoms with Crippen LogP contribution in [-0.2, 0) is 11.8 Å². The van der Waals surface area contributed by atoms with E-state index < -0.39 is 0 Å². The fraction of sp³-hybridized carbons (Fsp3) is 0.316. The number of nitrogens with one attached hydrogen (secondary N) is 1. The first-order valence-corrected chi connectivity index (χ1v) is 8.47. The number of fused-ring (bicyclic) bond motifs is 1. The number of aryl methyl sites for hydroxylation is 1. The highest BCUT2D eigenvalue weighted by atomic mass is 16.5. The van der Waals surface area contributed by atoms with E-state index in [2.05, 4.69) is 21.4 Å². The van der Waals surface area contributed by atoms with E-state index in [9.17, 15) is 4.79 Å². The van der Waals surface area contributed by atoms with Crippen LogP contribution in [-0.4, -0.2) is 39.7 Å². The van der Waals surface area contributed by atoms with Crippen molar-refractivity contribution in [2.24, 2.45) is 7.05 Å². The minimum Gasteiger partial charge on any atom is -0.381 e. The first-order chi connectivity index (χ1) is 12.2. The maximum atomic E-state index is 12.3. The smallest absolute Gasteiger partial charge is 0.270 e. The number of hydrogen-bond donors (Lipinski definition) is 1. The standard InChI is InChI=1S/C19H20N4O2/c1-23-12-21-16-4-2-13(10-18(16)23)14-3-5-17(20-11-14)19(24)22-15-6-8-25-9-7-15/h2-5,10-12,15H,6-9H2,1H3,(H,22,24). The van der Waals surface area contributed by atoms with Gasteiger partial charge in [0.1, 0.15) is 5.69 Å². The zero-order chi connectivity index (χ0) is 17.2. The van der Waals surface area contributed by atoms with E-state index >= 15 is 0 Å². The predicted molar refractivity (Wildman–Crippen MR) is 95.3 cm³/mol. The lowest BCUT2D eigenvalue weighted by atomic mass is 10.1. The van der Waals surface area contributed by atoms with Crippen molar-refractivity contribution < 1.29 is 9.53 Å². The van der Waals surface area contributed by atoms with Gasteiger partial charge in [-0.15, -0.1) is 0 Å². The number of rotatable bonds is 3. The van der Waals surface area contributed by atoms with Gasteiger partial charge in [0, 0.05) is 38.1 Å². The molecule has 1 aliphatic rings. The topological polar surface area (TPSA) is 69.0 Å². The number of imidazole rings is 1. The third kappa shape index (κ3) is 3.25. The Morgan fingerprint density at radius 1 is 1.16 bits per heavy atom. The van der Waals surface area contributed by atoms with E-state index in [-0.39, 0.29) is 11.9 Å². The fourth-order valence-corrected chi connectivity index (χ4v) is 3.11. The highest BCUT2D eigenvalue weighted by Crippen LogP contribution is 2.23. The number of benzene rings is 1. The van der Waals surface area contributed by atoms with Gasteiger partial charge in [0.15, 0.2) is 0 Å². The second-order valence-electron chi connectivity index (χ2n) is 6.35. The average molecular weight is 336 g/mol. The van der Waals surface area contributed by atoms with Crippen LogP contribution in [0.25, 0.3) is 22.2 Å². The summed E-state index contributed by atoms with van der Waals surface area (Å²) in [5.41, 5.74) is 4.51. The normalized spacial score (nSPS) is 15.4. The summed E-state index contributed by atoms with van der Waals surface area (Å²) in [6.07, 6.45) is 5.26. The second-order valence-corrected chi connectivity index (χ2v) is 6.35. The van der Waals surface area contributed by atoms with Crippen molar-refractivity contribution in [3.63, 3.8) is 0 Å². The largest absolute Gasteiger partial charge is 0.381 e. The van der Waals surface area contributed by atoms with Gasteiger partial charge < -0.3 is 14.6 Å². The number of nitrogens with zero attached hydrogens (tertiary/aromatic N) is 3. The summed E-state index contributed by atoms with van der Waals surface area (Å²) in [6.45, 7) is 1.40. The summed E-state index contributed by atoms with van der Waals surface area (Å²) in [5, 5.41) is 3.03. The first kappa shape index (κ1) is 15.8. The molecule has 0 atom stereocenters. The van der Waals surface area contributed by atoms with Crippen molar-refractivity contribution in [3.8, 4) is 11.1 Å². The SMILES string of the molecule is Cn1cnc2ccc(-c3ccc(C(=O)NC4CCOCC4)nc3)cc21. The lowest BCUT2D eigenvalue weighted by Crippen LogP contribution is -2.39. The van der Waals surface area contributed by atoms with E-state index in [1.54, 1.807) is 18.6 Å². The molecule has 0 bridgehead atoms. The van der Waals surface area contributed by atoms with Gasteiger partial charge in [-0.3, -0.25) is 9.78 Å². The van der Waals surface area contributed by atoms with Crippen LogP contribution in [0.3, 0.4) is 0 Å². The van der Waals surface area contributed by atoms with Crippen LogP contribution in [0.5, 0.6) is 0 Å². The van der Waals surface area contributed by atoms with E-state index in [0.29, 0.717) is 18.9 Å². The van der Waals surface area contributed by atoms with E-state index in [0.717, 1.165) is 35.0 Å². The molecule has 6 nitrogen and oxygen atoms in total. The Labute approximate surface area is 145 Å². The molecular weight excluding hydrogens is 316 g/mol. The minimum absolute atomic E-state index is 0.125. The van der Waals surface area contributed by atoms with Crippen LogP contribution >= 0.6 is 0 Å². The van der Waals surface area contributed by atoms with Crippen molar-refractivity contribution >= 4 is 16.9 Å². The highest BCUT2D eigenvalue weighted by molar-refractivity contribution is 5.93. The summed E-state index contributed by atoms with van der Waals surface area (Å²) >= 11 is 0. The molecule has 4 rings (SSSR count). The predicted octanol–water partition coefficient (Wildman–Crippen LogP) is 2.54. The van der Waals surface area contributed by atoms with E-state index in [1.165, 1.54) is 0 Å². The summed E-state index contributed by atoms with van der Waals surface area (Å²) in [6, 6.07) is 9.99. The van der Waals surface area contributed by atoms with Gasteiger partial charge in [-0.05, 0) is 36.6 Å². The molecule has 2 aromatic heterocycles. The molecule has 1 aliphatic heterocycles. The number of ether oxygens (including phenoxy) is 1. The van der Waals surface area contributed by atoms with Gasteiger partial charge in [-0.2, -0.15) is 0 Å². The Balaban J connectivity index is 1.52. The van der Waals surface area contributed by atoms with Gasteiger partial charge in [-0.1, -0.05) is 12.1 Å². The monoisotopic (exact) mass is 336 g/mol. The van der Waals surface area contributed by atoms with Crippen LogP contribution in [0.15, 0.2) is 42.9 Å². The minimum atomic E-state index is -0.125. The van der Waals surface area contributed by atoms with Gasteiger partial charge in [0.2, 0.25) is 0 Å². The quantitative estimate of drug-likeness (QED) is 0.798. The highest BCUT2D eigenvalue weighted by Gasteiger charge is 2.17. The molecule has 3 aromatic rings. The van der Waals surface area contributed by atoms with Crippen molar-refractivity contribution in [1.82, 2.24) is 19.9 Å². The molecule has 1 saturated heterocycles. The number of pyridine rings is 1. The Kier molecular flexibility index (Phi) is 4.19. The van der Waals surface area contributed by atoms with Crippen LogP contribution in [0.1, 0.15) is 23.3 Å². The Hall–Kier alpha value is -2.73. The summed E-state index contributed by atoms with van der Waals surface area (Å²) < 4.78 is 7.30. The van der Waals surface area contributed by atoms with Gasteiger partial charge in [0.05, 0.1) is 17.4 Å². The molecule has 1 amide bonds. The van der Waals surface area contributed by atoms with Gasteiger partial charge in [0.25, 0.3) is 5.91 Å². The zero-order valence-electron chi connectivity index (χ0n) is 14.1. The molecular formula is C19H20N4O2. The Morgan fingerprint density at radius 2 is 1.96 bits per heavy atom. The van der Waals surface area contributed by atoms with Crippen molar-refractivity contribution in [2.45, 2.75) is 18.9 Å². The first-order valence-electron chi connectivity index (χ1n) is 8.47. The second kappa shape index (κ2) is 6.64. The maximum Gasteiger partial charge on any atom is 0.270 e. The molecule has 0 spiro atoms. The molecule has 6 heteroatoms. The number of aromatic nitrogens is 3. The average Bonchev–Trinajstić information content (AvgIpc) is 3.03. The van der Waals surface area contributed by atoms with E-state index in [1.807, 2.05) is 29.8 Å². The molecule has 0 unspecified atom stereocenters. The summed E-state index contributed by atoms with van der Waals surface area (Å²) in [4.78, 5) is 21.0. The van der Waals surface area contributed by atoms with Crippen LogP contribution < -0.4 is 5.32 Å². The molecule has 1 N–H and O–H groups in total. The molecule has 3 heterocycles. The number of amides is 1. The molecule has 128 valence electrons. The number of carbonyl (C=O) groups is 1. The van der Waals surface area contributed by atoms with Crippen LogP contribution in [0, 0.1) is 0 Å². The third-order valence-electron chi connectivity index (χ3n) is 4.61. The van der Waals surface area contributed by atoms with E-state index in [4.69, 9.17) is 4.74 Å². The van der Waals surface area contributed by atoms with Gasteiger partial charge >= 0.3 is 0 Å². The Morgan fingerprint density at radius 3 is 2.72 bits per heavy atom. The van der Waals surface area contributed by atoms with Crippen LogP contribution in [0.2, 0.25) is 0 Å². The lowest BCUT2D eigenvalue weighted by Gasteiger charge is -2.22. The third-order valence-corrected chi connectivity index (χ3v) is 4.61. The Bertz CT molecular complexity index is 895. The molecule has 1 fully saturated rings. The van der Waals surface area contributed by atoms with Crippen molar-refractivity contribution in [2.75, 3.05) is 13.2 Å². The molecule has 1 aromatic carbocycles. The van der Waals surface area contributed by atoms with Crippen LogP contribution in [0.4, 0.5) is 0 Å². The molecule has 0 aliphatic carbocycles. The zero-order valence-corrected chi connectivity index (χ0v) is 14.1. The van der Waals surface area contributed by atoms with Crippen molar-refractivity contribution in [1.29, 1.82) is 0 Å². The maximum absolute atomic E-state index is 12.3.